The van der Waals surface area contributed by atoms with Crippen molar-refractivity contribution in [2.24, 2.45) is 0 Å². The summed E-state index contributed by atoms with van der Waals surface area (Å²) in [5, 5.41) is 7.25. The fraction of sp³-hybridized carbons (Fsp3) is 0.227. The number of rotatable bonds is 10. The van der Waals surface area contributed by atoms with Gasteiger partial charge in [-0.3, -0.25) is 14.9 Å². The van der Waals surface area contributed by atoms with Crippen LogP contribution in [0.1, 0.15) is 16.1 Å². The number of amides is 2. The van der Waals surface area contributed by atoms with Crippen molar-refractivity contribution in [1.82, 2.24) is 4.98 Å². The topological polar surface area (TPSA) is 98.8 Å². The highest BCUT2D eigenvalue weighted by atomic mass is 32.1. The number of ether oxygens (including phenoxy) is 3. The number of hydrogen-bond acceptors (Lipinski definition) is 7. The number of carbonyl (C=O) groups is 2. The number of thiazole rings is 1. The number of aromatic nitrogens is 1. The van der Waals surface area contributed by atoms with Crippen LogP contribution in [0.2, 0.25) is 0 Å². The molecule has 10 heteroatoms. The quantitative estimate of drug-likeness (QED) is 0.448. The van der Waals surface area contributed by atoms with Gasteiger partial charge in [0.2, 0.25) is 5.91 Å². The van der Waals surface area contributed by atoms with Gasteiger partial charge in [0.15, 0.2) is 16.6 Å². The molecule has 0 fully saturated rings. The second-order valence-corrected chi connectivity index (χ2v) is 7.37. The van der Waals surface area contributed by atoms with Crippen molar-refractivity contribution >= 4 is 34.0 Å². The Hall–Kier alpha value is -3.50. The number of benzene rings is 2. The average molecular weight is 459 g/mol. The number of methoxy groups -OCH3 is 2. The summed E-state index contributed by atoms with van der Waals surface area (Å²) < 4.78 is 29.6. The van der Waals surface area contributed by atoms with Crippen LogP contribution < -0.4 is 20.1 Å². The minimum Gasteiger partial charge on any atom is -0.493 e. The molecule has 2 N–H and O–H groups in total. The first-order valence-corrected chi connectivity index (χ1v) is 10.5. The number of hydrogen-bond donors (Lipinski definition) is 2. The van der Waals surface area contributed by atoms with Crippen molar-refractivity contribution in [3.8, 4) is 11.5 Å². The maximum absolute atomic E-state index is 13.7. The fourth-order valence-corrected chi connectivity index (χ4v) is 3.43. The van der Waals surface area contributed by atoms with E-state index in [-0.39, 0.29) is 23.0 Å². The lowest BCUT2D eigenvalue weighted by molar-refractivity contribution is -0.115. The third-order valence-electron chi connectivity index (χ3n) is 4.22. The van der Waals surface area contributed by atoms with Crippen LogP contribution in [0.5, 0.6) is 11.5 Å². The predicted molar refractivity (Wildman–Crippen MR) is 119 cm³/mol. The summed E-state index contributed by atoms with van der Waals surface area (Å²) in [5.41, 5.74) is 0.929. The maximum atomic E-state index is 13.7. The predicted octanol–water partition coefficient (Wildman–Crippen LogP) is 3.75. The van der Waals surface area contributed by atoms with Crippen LogP contribution >= 0.6 is 11.3 Å². The second kappa shape index (κ2) is 11.2. The number of nitrogens with one attached hydrogen (secondary N) is 2. The number of carbonyl (C=O) groups excluding carboxylic acids is 2. The molecule has 8 nitrogen and oxygen atoms in total. The molecule has 2 aromatic carbocycles. The van der Waals surface area contributed by atoms with Crippen molar-refractivity contribution in [3.05, 3.63) is 64.9 Å². The van der Waals surface area contributed by atoms with Gasteiger partial charge < -0.3 is 19.5 Å². The van der Waals surface area contributed by atoms with E-state index >= 15 is 0 Å². The molecule has 0 bridgehead atoms. The zero-order valence-electron chi connectivity index (χ0n) is 17.5. The third-order valence-corrected chi connectivity index (χ3v) is 5.03. The van der Waals surface area contributed by atoms with E-state index in [1.807, 2.05) is 0 Å². The largest absolute Gasteiger partial charge is 0.493 e. The van der Waals surface area contributed by atoms with E-state index in [4.69, 9.17) is 14.2 Å². The van der Waals surface area contributed by atoms with Gasteiger partial charge in [-0.25, -0.2) is 9.37 Å². The molecular weight excluding hydrogens is 437 g/mol. The zero-order chi connectivity index (χ0) is 22.9. The molecule has 1 aromatic heterocycles. The Balaban J connectivity index is 1.59. The Labute approximate surface area is 188 Å². The van der Waals surface area contributed by atoms with Gasteiger partial charge in [0.25, 0.3) is 5.91 Å². The summed E-state index contributed by atoms with van der Waals surface area (Å²) >= 11 is 1.15. The minimum atomic E-state index is -0.619. The first kappa shape index (κ1) is 23.2. The van der Waals surface area contributed by atoms with Gasteiger partial charge >= 0.3 is 0 Å². The van der Waals surface area contributed by atoms with Crippen LogP contribution in [0, 0.1) is 5.82 Å². The molecule has 0 aliphatic heterocycles. The Morgan fingerprint density at radius 1 is 1.06 bits per heavy atom. The highest BCUT2D eigenvalue weighted by Gasteiger charge is 2.15. The summed E-state index contributed by atoms with van der Waals surface area (Å²) in [6, 6.07) is 10.7. The van der Waals surface area contributed by atoms with E-state index in [0.29, 0.717) is 36.1 Å². The summed E-state index contributed by atoms with van der Waals surface area (Å²) in [6.07, 6.45) is -0.00202. The van der Waals surface area contributed by atoms with Crippen molar-refractivity contribution in [2.45, 2.75) is 6.42 Å². The molecule has 3 rings (SSSR count). The molecule has 0 unspecified atom stereocenters. The van der Waals surface area contributed by atoms with Crippen molar-refractivity contribution in [1.29, 1.82) is 0 Å². The number of anilines is 2. The Kier molecular flexibility index (Phi) is 8.12. The molecule has 1 heterocycles. The lowest BCUT2D eigenvalue weighted by atomic mass is 10.2. The molecule has 0 aliphatic rings. The highest BCUT2D eigenvalue weighted by Crippen LogP contribution is 2.30. The molecule has 0 radical (unpaired) electrons. The molecule has 168 valence electrons. The molecule has 0 aliphatic carbocycles. The highest BCUT2D eigenvalue weighted by molar-refractivity contribution is 7.14. The van der Waals surface area contributed by atoms with Crippen LogP contribution in [0.25, 0.3) is 0 Å². The zero-order valence-corrected chi connectivity index (χ0v) is 18.3. The van der Waals surface area contributed by atoms with Crippen molar-refractivity contribution in [3.63, 3.8) is 0 Å². The van der Waals surface area contributed by atoms with Gasteiger partial charge in [-0.05, 0) is 24.3 Å². The number of halogens is 1. The molecule has 3 aromatic rings. The van der Waals surface area contributed by atoms with Gasteiger partial charge in [0, 0.05) is 24.2 Å². The summed E-state index contributed by atoms with van der Waals surface area (Å²) in [7, 11) is 3.11. The van der Waals surface area contributed by atoms with E-state index in [2.05, 4.69) is 15.6 Å². The molecule has 0 saturated heterocycles. The third kappa shape index (κ3) is 6.25. The van der Waals surface area contributed by atoms with Gasteiger partial charge in [0.05, 0.1) is 31.4 Å². The normalized spacial score (nSPS) is 10.5. The fourth-order valence-electron chi connectivity index (χ4n) is 2.73. The Morgan fingerprint density at radius 2 is 1.88 bits per heavy atom. The second-order valence-electron chi connectivity index (χ2n) is 6.51. The maximum Gasteiger partial charge on any atom is 0.260 e. The van der Waals surface area contributed by atoms with Crippen LogP contribution in [-0.2, 0) is 16.0 Å². The van der Waals surface area contributed by atoms with Crippen LogP contribution in [0.4, 0.5) is 15.2 Å². The van der Waals surface area contributed by atoms with E-state index < -0.39 is 11.7 Å². The van der Waals surface area contributed by atoms with E-state index in [0.717, 1.165) is 11.3 Å². The van der Waals surface area contributed by atoms with Crippen LogP contribution in [0.3, 0.4) is 0 Å². The van der Waals surface area contributed by atoms with E-state index in [9.17, 15) is 14.0 Å². The standard InChI is InChI=1S/C22H22FN3O5S/c1-29-9-10-31-19-11-14(7-8-18(19)30-2)24-20(27)12-15-13-32-22(25-15)26-21(28)16-5-3-4-6-17(16)23/h3-8,11,13H,9-10,12H2,1-2H3,(H,24,27)(H,25,26,28). The van der Waals surface area contributed by atoms with Crippen LogP contribution in [-0.4, -0.2) is 44.2 Å². The molecule has 0 atom stereocenters. The van der Waals surface area contributed by atoms with Crippen molar-refractivity contribution < 1.29 is 28.2 Å². The number of nitrogens with zero attached hydrogens (tertiary/aromatic N) is 1. The van der Waals surface area contributed by atoms with Crippen molar-refractivity contribution in [2.75, 3.05) is 38.1 Å². The molecule has 2 amide bonds. The summed E-state index contributed by atoms with van der Waals surface area (Å²) in [4.78, 5) is 28.8. The lowest BCUT2D eigenvalue weighted by Crippen LogP contribution is -2.16. The van der Waals surface area contributed by atoms with Gasteiger partial charge in [-0.2, -0.15) is 0 Å². The first-order valence-electron chi connectivity index (χ1n) is 9.60. The van der Waals surface area contributed by atoms with Crippen LogP contribution in [0.15, 0.2) is 47.8 Å². The monoisotopic (exact) mass is 459 g/mol. The summed E-state index contributed by atoms with van der Waals surface area (Å²) in [6.45, 7) is 0.754. The first-order chi connectivity index (χ1) is 15.5. The smallest absolute Gasteiger partial charge is 0.260 e. The SMILES string of the molecule is COCCOc1cc(NC(=O)Cc2csc(NC(=O)c3ccccc3F)n2)ccc1OC. The Bertz CT molecular complexity index is 1090. The molecule has 32 heavy (non-hydrogen) atoms. The van der Waals surface area contributed by atoms with E-state index in [1.165, 1.54) is 25.3 Å². The molecule has 0 spiro atoms. The lowest BCUT2D eigenvalue weighted by Gasteiger charge is -2.12. The molecular formula is C22H22FN3O5S. The minimum absolute atomic E-state index is 0.00202. The van der Waals surface area contributed by atoms with E-state index in [1.54, 1.807) is 36.8 Å². The van der Waals surface area contributed by atoms with Gasteiger partial charge in [-0.15, -0.1) is 11.3 Å². The molecule has 0 saturated carbocycles. The van der Waals surface area contributed by atoms with Gasteiger partial charge in [0.1, 0.15) is 12.4 Å². The van der Waals surface area contributed by atoms with Gasteiger partial charge in [-0.1, -0.05) is 12.1 Å². The summed E-state index contributed by atoms with van der Waals surface area (Å²) in [5.74, 6) is -0.503. The average Bonchev–Trinajstić information content (AvgIpc) is 3.20. The Morgan fingerprint density at radius 3 is 2.62 bits per heavy atom.